The molecule has 1 aliphatic carbocycles. The Labute approximate surface area is 147 Å². The fraction of sp³-hybridized carbons (Fsp3) is 0.474. The zero-order valence-corrected chi connectivity index (χ0v) is 14.6. The fourth-order valence-electron chi connectivity index (χ4n) is 4.01. The average Bonchev–Trinajstić information content (AvgIpc) is 3.24. The van der Waals surface area contributed by atoms with Gasteiger partial charge < -0.3 is 16.4 Å². The molecule has 1 aromatic carbocycles. The Morgan fingerprint density at radius 1 is 1.36 bits per heavy atom. The summed E-state index contributed by atoms with van der Waals surface area (Å²) in [5.74, 6) is 1.00. The van der Waals surface area contributed by atoms with E-state index in [0.717, 1.165) is 37.7 Å². The first-order valence-electron chi connectivity index (χ1n) is 8.91. The van der Waals surface area contributed by atoms with Crippen molar-refractivity contribution in [1.29, 1.82) is 0 Å². The summed E-state index contributed by atoms with van der Waals surface area (Å²) in [5.41, 5.74) is 15.0. The molecule has 0 amide bonds. The van der Waals surface area contributed by atoms with Crippen molar-refractivity contribution in [2.24, 2.45) is 11.7 Å². The summed E-state index contributed by atoms with van der Waals surface area (Å²) >= 11 is 0. The maximum Gasteiger partial charge on any atom is 0.354 e. The molecule has 1 aliphatic heterocycles. The van der Waals surface area contributed by atoms with Crippen LogP contribution in [0.2, 0.25) is 0 Å². The van der Waals surface area contributed by atoms with E-state index in [0.29, 0.717) is 0 Å². The molecule has 2 unspecified atom stereocenters. The number of rotatable bonds is 4. The van der Waals surface area contributed by atoms with Crippen LogP contribution in [0.4, 0.5) is 5.82 Å². The number of benzene rings is 1. The van der Waals surface area contributed by atoms with Crippen molar-refractivity contribution in [3.8, 4) is 5.69 Å². The van der Waals surface area contributed by atoms with E-state index >= 15 is 0 Å². The summed E-state index contributed by atoms with van der Waals surface area (Å²) in [6, 6.07) is 7.75. The number of nitrogen functional groups attached to an aromatic ring is 1. The van der Waals surface area contributed by atoms with Crippen molar-refractivity contribution < 1.29 is 0 Å². The summed E-state index contributed by atoms with van der Waals surface area (Å²) in [6.07, 6.45) is 5.10. The van der Waals surface area contributed by atoms with Crippen molar-refractivity contribution in [2.45, 2.75) is 31.7 Å². The molecule has 1 saturated heterocycles. The third-order valence-electron chi connectivity index (χ3n) is 5.72. The molecule has 4 rings (SSSR count). The molecular formula is C19H25N5O. The Balaban J connectivity index is 1.45. The molecule has 2 atom stereocenters. The lowest BCUT2D eigenvalue weighted by Gasteiger charge is -2.30. The van der Waals surface area contributed by atoms with Crippen LogP contribution in [0.25, 0.3) is 5.69 Å². The molecule has 25 heavy (non-hydrogen) atoms. The van der Waals surface area contributed by atoms with Gasteiger partial charge in [0.25, 0.3) is 0 Å². The second kappa shape index (κ2) is 5.97. The van der Waals surface area contributed by atoms with Crippen LogP contribution in [0.15, 0.2) is 35.3 Å². The number of aromatic nitrogens is 2. The first-order chi connectivity index (χ1) is 11.9. The molecule has 2 fully saturated rings. The Morgan fingerprint density at radius 2 is 2.20 bits per heavy atom. The van der Waals surface area contributed by atoms with E-state index in [1.54, 1.807) is 12.3 Å². The molecule has 6 nitrogen and oxygen atoms in total. The monoisotopic (exact) mass is 339 g/mol. The molecule has 0 radical (unpaired) electrons. The van der Waals surface area contributed by atoms with Gasteiger partial charge >= 0.3 is 5.69 Å². The van der Waals surface area contributed by atoms with E-state index < -0.39 is 0 Å². The number of nitrogens with zero attached hydrogens (tertiary/aromatic N) is 3. The molecule has 2 heterocycles. The Bertz CT molecular complexity index is 861. The van der Waals surface area contributed by atoms with Gasteiger partial charge in [0.15, 0.2) is 0 Å². The first kappa shape index (κ1) is 16.3. The van der Waals surface area contributed by atoms with Crippen molar-refractivity contribution in [3.63, 3.8) is 0 Å². The summed E-state index contributed by atoms with van der Waals surface area (Å²) in [7, 11) is 0. The molecule has 2 aromatic rings. The lowest BCUT2D eigenvalue weighted by atomic mass is 10.0. The average molecular weight is 339 g/mol. The van der Waals surface area contributed by atoms with Crippen LogP contribution in [0, 0.1) is 12.8 Å². The van der Waals surface area contributed by atoms with E-state index in [2.05, 4.69) is 22.9 Å². The van der Waals surface area contributed by atoms with Gasteiger partial charge in [-0.2, -0.15) is 4.98 Å². The van der Waals surface area contributed by atoms with E-state index in [9.17, 15) is 4.79 Å². The molecule has 0 bridgehead atoms. The topological polar surface area (TPSA) is 90.2 Å². The molecule has 1 saturated carbocycles. The van der Waals surface area contributed by atoms with Crippen molar-refractivity contribution in [2.75, 3.05) is 25.4 Å². The summed E-state index contributed by atoms with van der Waals surface area (Å²) < 4.78 is 1.52. The lowest BCUT2D eigenvalue weighted by Crippen LogP contribution is -2.46. The number of anilines is 1. The van der Waals surface area contributed by atoms with E-state index in [4.69, 9.17) is 11.5 Å². The second-order valence-corrected chi connectivity index (χ2v) is 7.56. The maximum atomic E-state index is 12.0. The van der Waals surface area contributed by atoms with Crippen molar-refractivity contribution in [1.82, 2.24) is 14.5 Å². The number of likely N-dealkylation sites (tertiary alicyclic amines) is 1. The third kappa shape index (κ3) is 3.19. The van der Waals surface area contributed by atoms with Gasteiger partial charge in [0, 0.05) is 24.8 Å². The zero-order valence-electron chi connectivity index (χ0n) is 14.6. The lowest BCUT2D eigenvalue weighted by molar-refractivity contribution is 0.205. The molecule has 1 aromatic heterocycles. The Morgan fingerprint density at radius 3 is 2.92 bits per heavy atom. The van der Waals surface area contributed by atoms with Crippen molar-refractivity contribution in [3.05, 3.63) is 52.1 Å². The van der Waals surface area contributed by atoms with Crippen LogP contribution in [-0.4, -0.2) is 39.6 Å². The van der Waals surface area contributed by atoms with Gasteiger partial charge in [-0.05, 0) is 68.0 Å². The minimum atomic E-state index is -0.354. The highest BCUT2D eigenvalue weighted by molar-refractivity contribution is 5.41. The van der Waals surface area contributed by atoms with Crippen LogP contribution in [0.1, 0.15) is 24.0 Å². The van der Waals surface area contributed by atoms with Gasteiger partial charge in [-0.15, -0.1) is 0 Å². The van der Waals surface area contributed by atoms with E-state index in [-0.39, 0.29) is 17.0 Å². The van der Waals surface area contributed by atoms with E-state index in [1.807, 2.05) is 12.1 Å². The number of hydrogen-bond donors (Lipinski definition) is 2. The standard InChI is InChI=1S/C19H25N5O/c1-13-10-16(24-9-6-17(20)22-18(24)25)3-2-14(13)4-7-23-8-5-15-11-19(15,21)12-23/h2-3,6,9-10,15H,4-5,7-8,11-12,21H2,1H3,(H2,20,22,25). The molecular weight excluding hydrogens is 314 g/mol. The normalized spacial score (nSPS) is 25.6. The number of aryl methyl sites for hydroxylation is 1. The van der Waals surface area contributed by atoms with Gasteiger partial charge in [0.05, 0.1) is 5.69 Å². The molecule has 2 aliphatic rings. The minimum Gasteiger partial charge on any atom is -0.383 e. The highest BCUT2D eigenvalue weighted by atomic mass is 16.1. The molecule has 132 valence electrons. The van der Waals surface area contributed by atoms with Gasteiger partial charge in [0.1, 0.15) is 5.82 Å². The van der Waals surface area contributed by atoms with Gasteiger partial charge in [-0.3, -0.25) is 4.57 Å². The molecule has 6 heteroatoms. The molecule has 4 N–H and O–H groups in total. The maximum absolute atomic E-state index is 12.0. The highest BCUT2D eigenvalue weighted by Gasteiger charge is 2.53. The third-order valence-corrected chi connectivity index (χ3v) is 5.72. The quantitative estimate of drug-likeness (QED) is 0.870. The number of fused-ring (bicyclic) bond motifs is 1. The smallest absolute Gasteiger partial charge is 0.354 e. The number of nitrogens with two attached hydrogens (primary N) is 2. The van der Waals surface area contributed by atoms with Gasteiger partial charge in [-0.1, -0.05) is 6.07 Å². The van der Waals surface area contributed by atoms with Crippen molar-refractivity contribution >= 4 is 5.82 Å². The summed E-state index contributed by atoms with van der Waals surface area (Å²) in [5, 5.41) is 0. The SMILES string of the molecule is Cc1cc(-n2ccc(N)nc2=O)ccc1CCN1CCC2CC2(N)C1. The zero-order chi connectivity index (χ0) is 17.6. The van der Waals surface area contributed by atoms with E-state index in [1.165, 1.54) is 28.5 Å². The summed E-state index contributed by atoms with van der Waals surface area (Å²) in [4.78, 5) is 18.3. The summed E-state index contributed by atoms with van der Waals surface area (Å²) in [6.45, 7) is 5.32. The second-order valence-electron chi connectivity index (χ2n) is 7.56. The highest BCUT2D eigenvalue weighted by Crippen LogP contribution is 2.46. The van der Waals surface area contributed by atoms with Crippen LogP contribution in [0.3, 0.4) is 0 Å². The van der Waals surface area contributed by atoms with Gasteiger partial charge in [-0.25, -0.2) is 4.79 Å². The van der Waals surface area contributed by atoms with Gasteiger partial charge in [0.2, 0.25) is 0 Å². The van der Waals surface area contributed by atoms with Crippen LogP contribution < -0.4 is 17.2 Å². The predicted molar refractivity (Wildman–Crippen MR) is 98.8 cm³/mol. The minimum absolute atomic E-state index is 0.0977. The Kier molecular flexibility index (Phi) is 3.89. The van der Waals surface area contributed by atoms with Crippen LogP contribution in [-0.2, 0) is 6.42 Å². The largest absolute Gasteiger partial charge is 0.383 e. The van der Waals surface area contributed by atoms with Crippen LogP contribution in [0.5, 0.6) is 0 Å². The number of piperidine rings is 1. The first-order valence-corrected chi connectivity index (χ1v) is 8.91. The van der Waals surface area contributed by atoms with Crippen LogP contribution >= 0.6 is 0 Å². The Hall–Kier alpha value is -2.18. The fourth-order valence-corrected chi connectivity index (χ4v) is 4.01. The molecule has 0 spiro atoms. The number of hydrogen-bond acceptors (Lipinski definition) is 5. The predicted octanol–water partition coefficient (Wildman–Crippen LogP) is 1.09.